The Kier molecular flexibility index (Phi) is 3.88. The third-order valence-corrected chi connectivity index (χ3v) is 6.16. The number of halogens is 3. The number of benzene rings is 2. The molecule has 1 atom stereocenters. The molecule has 31 heavy (non-hydrogen) atoms. The maximum atomic E-state index is 13.4. The van der Waals surface area contributed by atoms with Crippen molar-refractivity contribution in [2.24, 2.45) is 4.99 Å². The lowest BCUT2D eigenvalue weighted by Gasteiger charge is -2.45. The molecule has 0 saturated carbocycles. The summed E-state index contributed by atoms with van der Waals surface area (Å²) in [5.41, 5.74) is -0.660. The van der Waals surface area contributed by atoms with Crippen molar-refractivity contribution in [3.63, 3.8) is 0 Å². The van der Waals surface area contributed by atoms with Gasteiger partial charge in [-0.15, -0.1) is 0 Å². The van der Waals surface area contributed by atoms with Gasteiger partial charge in [0.05, 0.1) is 28.8 Å². The van der Waals surface area contributed by atoms with E-state index in [2.05, 4.69) is 16.0 Å². The third-order valence-electron chi connectivity index (χ3n) is 6.16. The van der Waals surface area contributed by atoms with E-state index in [9.17, 15) is 18.4 Å². The predicted octanol–water partition coefficient (Wildman–Crippen LogP) is 5.37. The van der Waals surface area contributed by atoms with Crippen LogP contribution >= 0.6 is 0 Å². The largest absolute Gasteiger partial charge is 0.459 e. The fraction of sp³-hybridized carbons (Fsp3) is 0.261. The quantitative estimate of drug-likeness (QED) is 0.495. The van der Waals surface area contributed by atoms with E-state index in [1.807, 2.05) is 26.0 Å². The lowest BCUT2D eigenvalue weighted by molar-refractivity contribution is -0.137. The van der Waals surface area contributed by atoms with Crippen LogP contribution in [0.3, 0.4) is 0 Å². The third kappa shape index (κ3) is 2.56. The summed E-state index contributed by atoms with van der Waals surface area (Å²) < 4.78 is 46.9. The predicted molar refractivity (Wildman–Crippen MR) is 111 cm³/mol. The van der Waals surface area contributed by atoms with Gasteiger partial charge in [-0.1, -0.05) is 0 Å². The van der Waals surface area contributed by atoms with E-state index < -0.39 is 22.9 Å². The first-order chi connectivity index (χ1) is 14.7. The summed E-state index contributed by atoms with van der Waals surface area (Å²) in [4.78, 5) is 10.6. The summed E-state index contributed by atoms with van der Waals surface area (Å²) in [5.74, 6) is 0.493. The van der Waals surface area contributed by atoms with Crippen molar-refractivity contribution in [1.82, 2.24) is 4.98 Å². The maximum Gasteiger partial charge on any atom is 0.416 e. The van der Waals surface area contributed by atoms with Crippen molar-refractivity contribution in [2.45, 2.75) is 31.2 Å². The smallest absolute Gasteiger partial charge is 0.416 e. The van der Waals surface area contributed by atoms with Crippen molar-refractivity contribution in [2.75, 3.05) is 11.4 Å². The molecule has 0 fully saturated rings. The van der Waals surface area contributed by atoms with Crippen molar-refractivity contribution < 1.29 is 17.9 Å². The summed E-state index contributed by atoms with van der Waals surface area (Å²) in [5, 5.41) is 10.3. The Labute approximate surface area is 176 Å². The summed E-state index contributed by atoms with van der Waals surface area (Å²) in [6, 6.07) is 13.0. The SMILES string of the molecule is CC1(C)c2cc(C(F)(F)F)ccc2N(CC#N)C12C=Nc1ccc3ncccc3c1O2. The van der Waals surface area contributed by atoms with Crippen molar-refractivity contribution in [1.29, 1.82) is 5.26 Å². The average Bonchev–Trinajstić information content (AvgIpc) is 2.92. The number of nitrogens with zero attached hydrogens (tertiary/aromatic N) is 4. The molecule has 5 rings (SSSR count). The number of rotatable bonds is 1. The molecule has 2 aromatic carbocycles. The number of pyridine rings is 1. The lowest BCUT2D eigenvalue weighted by Crippen LogP contribution is -2.62. The highest BCUT2D eigenvalue weighted by Crippen LogP contribution is 2.55. The second-order valence-electron chi connectivity index (χ2n) is 8.14. The zero-order valence-electron chi connectivity index (χ0n) is 16.7. The molecule has 156 valence electrons. The van der Waals surface area contributed by atoms with Crippen LogP contribution in [-0.4, -0.2) is 23.5 Å². The number of ether oxygens (including phenoxy) is 1. The van der Waals surface area contributed by atoms with Gasteiger partial charge in [0.25, 0.3) is 0 Å². The first kappa shape index (κ1) is 19.4. The van der Waals surface area contributed by atoms with E-state index >= 15 is 0 Å². The number of alkyl halides is 3. The highest BCUT2D eigenvalue weighted by molar-refractivity contribution is 5.96. The minimum Gasteiger partial charge on any atom is -0.459 e. The molecule has 1 spiro atoms. The monoisotopic (exact) mass is 422 g/mol. The number of hydrogen-bond donors (Lipinski definition) is 0. The summed E-state index contributed by atoms with van der Waals surface area (Å²) in [7, 11) is 0. The van der Waals surface area contributed by atoms with Crippen LogP contribution in [0.15, 0.2) is 53.7 Å². The number of anilines is 1. The van der Waals surface area contributed by atoms with Crippen LogP contribution in [0.1, 0.15) is 25.0 Å². The molecule has 5 nitrogen and oxygen atoms in total. The standard InChI is InChI=1S/C23H17F3N4O/c1-21(2)16-12-14(23(24,25)26)5-8-19(16)30(11-9-27)22(21)13-29-18-7-6-17-15(20(18)31-22)4-3-10-28-17/h3-8,10,12-13H,11H2,1-2H3. The highest BCUT2D eigenvalue weighted by atomic mass is 19.4. The van der Waals surface area contributed by atoms with Gasteiger partial charge in [-0.25, -0.2) is 0 Å². The van der Waals surface area contributed by atoms with Crippen LogP contribution < -0.4 is 9.64 Å². The number of aromatic nitrogens is 1. The molecule has 3 aromatic rings. The van der Waals surface area contributed by atoms with Gasteiger partial charge in [-0.3, -0.25) is 9.98 Å². The Morgan fingerprint density at radius 2 is 1.97 bits per heavy atom. The fourth-order valence-corrected chi connectivity index (χ4v) is 4.51. The van der Waals surface area contributed by atoms with Gasteiger partial charge in [0.2, 0.25) is 5.72 Å². The summed E-state index contributed by atoms with van der Waals surface area (Å²) in [6.07, 6.45) is -1.20. The molecule has 2 aliphatic rings. The Morgan fingerprint density at radius 3 is 2.71 bits per heavy atom. The Morgan fingerprint density at radius 1 is 1.16 bits per heavy atom. The normalized spacial score (nSPS) is 21.0. The number of nitriles is 1. The molecular formula is C23H17F3N4O. The molecule has 8 heteroatoms. The van der Waals surface area contributed by atoms with Gasteiger partial charge in [-0.2, -0.15) is 18.4 Å². The molecule has 0 bridgehead atoms. The summed E-state index contributed by atoms with van der Waals surface area (Å²) in [6.45, 7) is 3.54. The van der Waals surface area contributed by atoms with Crippen LogP contribution in [0.2, 0.25) is 0 Å². The molecule has 1 aromatic heterocycles. The second-order valence-corrected chi connectivity index (χ2v) is 8.14. The number of aliphatic imine (C=N–C) groups is 1. The van der Waals surface area contributed by atoms with E-state index in [-0.39, 0.29) is 6.54 Å². The Bertz CT molecular complexity index is 1290. The number of hydrogen-bond acceptors (Lipinski definition) is 5. The molecule has 2 aliphatic heterocycles. The molecule has 0 aliphatic carbocycles. The van der Waals surface area contributed by atoms with Crippen LogP contribution in [0.4, 0.5) is 24.5 Å². The average molecular weight is 422 g/mol. The van der Waals surface area contributed by atoms with Crippen molar-refractivity contribution >= 4 is 28.5 Å². The Hall–Kier alpha value is -3.60. The minimum absolute atomic E-state index is 0.0772. The molecule has 0 radical (unpaired) electrons. The highest BCUT2D eigenvalue weighted by Gasteiger charge is 2.60. The molecule has 3 heterocycles. The topological polar surface area (TPSA) is 61.5 Å². The van der Waals surface area contributed by atoms with Crippen LogP contribution in [-0.2, 0) is 11.6 Å². The van der Waals surface area contributed by atoms with E-state index in [4.69, 9.17) is 4.74 Å². The van der Waals surface area contributed by atoms with Gasteiger partial charge >= 0.3 is 6.18 Å². The fourth-order valence-electron chi connectivity index (χ4n) is 4.51. The van der Waals surface area contributed by atoms with E-state index in [0.717, 1.165) is 17.5 Å². The Balaban J connectivity index is 1.74. The van der Waals surface area contributed by atoms with Gasteiger partial charge in [0, 0.05) is 17.3 Å². The first-order valence-corrected chi connectivity index (χ1v) is 9.67. The van der Waals surface area contributed by atoms with Gasteiger partial charge in [0.15, 0.2) is 5.75 Å². The second kappa shape index (κ2) is 6.20. The summed E-state index contributed by atoms with van der Waals surface area (Å²) >= 11 is 0. The minimum atomic E-state index is -4.48. The lowest BCUT2D eigenvalue weighted by atomic mass is 9.77. The van der Waals surface area contributed by atoms with E-state index in [1.165, 1.54) is 6.07 Å². The molecule has 0 amide bonds. The van der Waals surface area contributed by atoms with Gasteiger partial charge < -0.3 is 9.64 Å². The zero-order valence-corrected chi connectivity index (χ0v) is 16.7. The van der Waals surface area contributed by atoms with Crippen molar-refractivity contribution in [3.8, 4) is 11.8 Å². The van der Waals surface area contributed by atoms with E-state index in [0.29, 0.717) is 28.2 Å². The molecule has 0 saturated heterocycles. The van der Waals surface area contributed by atoms with Gasteiger partial charge in [0.1, 0.15) is 12.2 Å². The van der Waals surface area contributed by atoms with Crippen molar-refractivity contribution in [3.05, 3.63) is 59.8 Å². The molecule has 0 N–H and O–H groups in total. The van der Waals surface area contributed by atoms with Crippen LogP contribution in [0.5, 0.6) is 5.75 Å². The zero-order chi connectivity index (χ0) is 22.0. The maximum absolute atomic E-state index is 13.4. The molecular weight excluding hydrogens is 405 g/mol. The molecule has 1 unspecified atom stereocenters. The van der Waals surface area contributed by atoms with Gasteiger partial charge in [-0.05, 0) is 61.9 Å². The first-order valence-electron chi connectivity index (χ1n) is 9.67. The van der Waals surface area contributed by atoms with E-state index in [1.54, 1.807) is 29.4 Å². The van der Waals surface area contributed by atoms with Crippen LogP contribution in [0, 0.1) is 11.3 Å². The van der Waals surface area contributed by atoms with Crippen LogP contribution in [0.25, 0.3) is 10.9 Å². The number of fused-ring (bicyclic) bond motifs is 4.